The van der Waals surface area contributed by atoms with E-state index in [-0.39, 0.29) is 25.3 Å². The molecule has 0 aromatic heterocycles. The molecule has 2 aromatic rings. The number of carbonyl (C=O) groups excluding carboxylic acids is 2. The summed E-state index contributed by atoms with van der Waals surface area (Å²) in [6, 6.07) is 11.4. The highest BCUT2D eigenvalue weighted by molar-refractivity contribution is 5.94. The quantitative estimate of drug-likeness (QED) is 0.841. The van der Waals surface area contributed by atoms with Crippen LogP contribution in [0.1, 0.15) is 22.3 Å². The molecule has 6 nitrogen and oxygen atoms in total. The first-order valence-electron chi connectivity index (χ1n) is 8.83. The molecule has 1 saturated heterocycles. The van der Waals surface area contributed by atoms with Gasteiger partial charge >= 0.3 is 6.09 Å². The van der Waals surface area contributed by atoms with Gasteiger partial charge in [-0.2, -0.15) is 0 Å². The lowest BCUT2D eigenvalue weighted by Gasteiger charge is -2.35. The lowest BCUT2D eigenvalue weighted by atomic mass is 10.0. The summed E-state index contributed by atoms with van der Waals surface area (Å²) in [5.41, 5.74) is 0.806. The second kappa shape index (κ2) is 8.79. The molecule has 0 spiro atoms. The summed E-state index contributed by atoms with van der Waals surface area (Å²) in [6.45, 7) is 0.409. The number of benzene rings is 2. The second-order valence-corrected chi connectivity index (χ2v) is 6.55. The minimum Gasteiger partial charge on any atom is -0.445 e. The van der Waals surface area contributed by atoms with Gasteiger partial charge in [0.15, 0.2) is 11.6 Å². The second-order valence-electron chi connectivity index (χ2n) is 6.55. The highest BCUT2D eigenvalue weighted by Gasteiger charge is 2.32. The molecule has 0 saturated carbocycles. The smallest absolute Gasteiger partial charge is 0.410 e. The van der Waals surface area contributed by atoms with Gasteiger partial charge in [0.2, 0.25) is 0 Å². The van der Waals surface area contributed by atoms with Gasteiger partial charge in [0.05, 0.1) is 18.7 Å². The van der Waals surface area contributed by atoms with Crippen molar-refractivity contribution in [1.82, 2.24) is 10.2 Å². The average molecular weight is 390 g/mol. The maximum absolute atomic E-state index is 13.3. The van der Waals surface area contributed by atoms with Crippen LogP contribution in [-0.2, 0) is 11.3 Å². The highest BCUT2D eigenvalue weighted by Crippen LogP contribution is 2.15. The summed E-state index contributed by atoms with van der Waals surface area (Å²) in [4.78, 5) is 25.7. The van der Waals surface area contributed by atoms with E-state index >= 15 is 0 Å². The molecule has 2 aromatic carbocycles. The number of halogens is 2. The normalized spacial score (nSPS) is 19.2. The van der Waals surface area contributed by atoms with E-state index in [1.165, 1.54) is 4.90 Å². The minimum absolute atomic E-state index is 0.00362. The molecule has 2 unspecified atom stereocenters. The Balaban J connectivity index is 1.50. The Morgan fingerprint density at radius 2 is 1.89 bits per heavy atom. The number of β-amino-alcohol motifs (C(OH)–C–C–N with tert-alkyl or cyclic N) is 1. The van der Waals surface area contributed by atoms with Crippen molar-refractivity contribution in [2.75, 3.05) is 13.1 Å². The van der Waals surface area contributed by atoms with E-state index < -0.39 is 35.8 Å². The summed E-state index contributed by atoms with van der Waals surface area (Å²) in [6.07, 6.45) is -1.25. The van der Waals surface area contributed by atoms with E-state index in [2.05, 4.69) is 5.32 Å². The molecule has 2 amide bonds. The van der Waals surface area contributed by atoms with Gasteiger partial charge < -0.3 is 20.1 Å². The molecule has 0 radical (unpaired) electrons. The van der Waals surface area contributed by atoms with Gasteiger partial charge in [-0.25, -0.2) is 13.6 Å². The summed E-state index contributed by atoms with van der Waals surface area (Å²) >= 11 is 0. The summed E-state index contributed by atoms with van der Waals surface area (Å²) in [5.74, 6) is -2.79. The standard InChI is InChI=1S/C20H20F2N2O4/c21-15-7-6-14(10-16(15)22)19(26)23-17-8-9-24(11-18(17)25)20(27)28-12-13-4-2-1-3-5-13/h1-7,10,17-18,25H,8-9,11-12H2,(H,23,26). The van der Waals surface area contributed by atoms with Crippen molar-refractivity contribution in [3.63, 3.8) is 0 Å². The van der Waals surface area contributed by atoms with E-state index in [0.29, 0.717) is 6.42 Å². The van der Waals surface area contributed by atoms with Crippen LogP contribution in [0.2, 0.25) is 0 Å². The SMILES string of the molecule is O=C(NC1CCN(C(=O)OCc2ccccc2)CC1O)c1ccc(F)c(F)c1. The van der Waals surface area contributed by atoms with Gasteiger partial charge in [0, 0.05) is 12.1 Å². The van der Waals surface area contributed by atoms with Crippen molar-refractivity contribution in [1.29, 1.82) is 0 Å². The van der Waals surface area contributed by atoms with Gasteiger partial charge in [0.1, 0.15) is 6.61 Å². The number of aliphatic hydroxyl groups is 1. The third-order valence-electron chi connectivity index (χ3n) is 4.54. The van der Waals surface area contributed by atoms with Gasteiger partial charge in [-0.15, -0.1) is 0 Å². The summed E-state index contributed by atoms with van der Waals surface area (Å²) in [5, 5.41) is 12.9. The van der Waals surface area contributed by atoms with Crippen LogP contribution in [0.3, 0.4) is 0 Å². The molecule has 0 aliphatic carbocycles. The fourth-order valence-electron chi connectivity index (χ4n) is 2.97. The van der Waals surface area contributed by atoms with Crippen molar-refractivity contribution in [2.24, 2.45) is 0 Å². The number of nitrogens with one attached hydrogen (secondary N) is 1. The molecule has 2 atom stereocenters. The highest BCUT2D eigenvalue weighted by atomic mass is 19.2. The Labute approximate surface area is 160 Å². The Kier molecular flexibility index (Phi) is 6.20. The van der Waals surface area contributed by atoms with E-state index in [1.807, 2.05) is 30.3 Å². The first kappa shape index (κ1) is 19.8. The maximum Gasteiger partial charge on any atom is 0.410 e. The number of likely N-dealkylation sites (tertiary alicyclic amines) is 1. The molecule has 1 aliphatic rings. The number of amides is 2. The Morgan fingerprint density at radius 1 is 1.14 bits per heavy atom. The van der Waals surface area contributed by atoms with Crippen molar-refractivity contribution in [3.05, 3.63) is 71.3 Å². The monoisotopic (exact) mass is 390 g/mol. The fourth-order valence-corrected chi connectivity index (χ4v) is 2.97. The number of hydrogen-bond donors (Lipinski definition) is 2. The van der Waals surface area contributed by atoms with Crippen LogP contribution >= 0.6 is 0 Å². The number of hydrogen-bond acceptors (Lipinski definition) is 4. The zero-order valence-electron chi connectivity index (χ0n) is 15.0. The van der Waals surface area contributed by atoms with E-state index in [4.69, 9.17) is 4.74 Å². The third-order valence-corrected chi connectivity index (χ3v) is 4.54. The number of rotatable bonds is 4. The molecular formula is C20H20F2N2O4. The average Bonchev–Trinajstić information content (AvgIpc) is 2.70. The van der Waals surface area contributed by atoms with Crippen LogP contribution in [0, 0.1) is 11.6 Å². The number of aliphatic hydroxyl groups excluding tert-OH is 1. The summed E-state index contributed by atoms with van der Waals surface area (Å²) < 4.78 is 31.5. The van der Waals surface area contributed by atoms with Crippen LogP contribution in [0.25, 0.3) is 0 Å². The Bertz CT molecular complexity index is 847. The molecule has 3 rings (SSSR count). The zero-order valence-corrected chi connectivity index (χ0v) is 15.0. The summed E-state index contributed by atoms with van der Waals surface area (Å²) in [7, 11) is 0. The number of ether oxygens (including phenoxy) is 1. The van der Waals surface area contributed by atoms with Crippen LogP contribution in [-0.4, -0.2) is 47.2 Å². The van der Waals surface area contributed by atoms with Gasteiger partial charge in [-0.1, -0.05) is 30.3 Å². The van der Waals surface area contributed by atoms with Crippen LogP contribution in [0.4, 0.5) is 13.6 Å². The van der Waals surface area contributed by atoms with Crippen molar-refractivity contribution >= 4 is 12.0 Å². The number of piperidine rings is 1. The number of carbonyl (C=O) groups is 2. The Morgan fingerprint density at radius 3 is 2.57 bits per heavy atom. The van der Waals surface area contributed by atoms with Crippen molar-refractivity contribution in [2.45, 2.75) is 25.2 Å². The van der Waals surface area contributed by atoms with E-state index in [9.17, 15) is 23.5 Å². The van der Waals surface area contributed by atoms with Gasteiger partial charge in [0.25, 0.3) is 5.91 Å². The van der Waals surface area contributed by atoms with Gasteiger partial charge in [-0.05, 0) is 30.2 Å². The third kappa shape index (κ3) is 4.83. The molecule has 1 heterocycles. The van der Waals surface area contributed by atoms with E-state index in [1.54, 1.807) is 0 Å². The topological polar surface area (TPSA) is 78.9 Å². The lowest BCUT2D eigenvalue weighted by Crippen LogP contribution is -2.55. The van der Waals surface area contributed by atoms with Crippen molar-refractivity contribution < 1.29 is 28.2 Å². The molecule has 1 aliphatic heterocycles. The molecule has 8 heteroatoms. The first-order valence-corrected chi connectivity index (χ1v) is 8.83. The Hall–Kier alpha value is -3.00. The van der Waals surface area contributed by atoms with Crippen LogP contribution in [0.15, 0.2) is 48.5 Å². The molecule has 148 valence electrons. The van der Waals surface area contributed by atoms with Crippen LogP contribution < -0.4 is 5.32 Å². The largest absolute Gasteiger partial charge is 0.445 e. The van der Waals surface area contributed by atoms with E-state index in [0.717, 1.165) is 23.8 Å². The minimum atomic E-state index is -1.12. The van der Waals surface area contributed by atoms with Crippen molar-refractivity contribution in [3.8, 4) is 0 Å². The maximum atomic E-state index is 13.3. The first-order chi connectivity index (χ1) is 13.4. The molecule has 2 N–H and O–H groups in total. The molecule has 0 bridgehead atoms. The van der Waals surface area contributed by atoms with Gasteiger partial charge in [-0.3, -0.25) is 4.79 Å². The number of nitrogens with zero attached hydrogens (tertiary/aromatic N) is 1. The molecular weight excluding hydrogens is 370 g/mol. The zero-order chi connectivity index (χ0) is 20.1. The fraction of sp³-hybridized carbons (Fsp3) is 0.300. The van der Waals surface area contributed by atoms with Crippen LogP contribution in [0.5, 0.6) is 0 Å². The predicted octanol–water partition coefficient (Wildman–Crippen LogP) is 2.47. The lowest BCUT2D eigenvalue weighted by molar-refractivity contribution is 0.0269. The molecule has 1 fully saturated rings. The predicted molar refractivity (Wildman–Crippen MR) is 96.4 cm³/mol. The molecule has 28 heavy (non-hydrogen) atoms.